The number of rotatable bonds is 4. The third kappa shape index (κ3) is 4.88. The summed E-state index contributed by atoms with van der Waals surface area (Å²) in [7, 11) is 0. The van der Waals surface area contributed by atoms with Gasteiger partial charge in [0.25, 0.3) is 0 Å². The maximum atomic E-state index is 12.3. The van der Waals surface area contributed by atoms with Crippen molar-refractivity contribution in [2.24, 2.45) is 5.92 Å². The largest absolute Gasteiger partial charge is 0.389 e. The molecule has 122 valence electrons. The summed E-state index contributed by atoms with van der Waals surface area (Å²) in [6, 6.07) is 0. The first kappa shape index (κ1) is 17.1. The second kappa shape index (κ2) is 6.91. The van der Waals surface area contributed by atoms with Crippen molar-refractivity contribution in [2.45, 2.75) is 76.1 Å². The highest BCUT2D eigenvalue weighted by Gasteiger charge is 2.43. The molecule has 0 unspecified atom stereocenters. The van der Waals surface area contributed by atoms with Gasteiger partial charge < -0.3 is 10.0 Å². The predicted molar refractivity (Wildman–Crippen MR) is 89.5 cm³/mol. The quantitative estimate of drug-likeness (QED) is 0.808. The van der Waals surface area contributed by atoms with Crippen molar-refractivity contribution in [3.05, 3.63) is 0 Å². The van der Waals surface area contributed by atoms with Gasteiger partial charge in [-0.2, -0.15) is 11.8 Å². The number of aliphatic hydroxyl groups is 1. The fraction of sp³-hybridized carbons (Fsp3) is 0.941. The molecule has 21 heavy (non-hydrogen) atoms. The Morgan fingerprint density at radius 3 is 2.81 bits per heavy atom. The fourth-order valence-corrected chi connectivity index (χ4v) is 4.46. The lowest BCUT2D eigenvalue weighted by atomic mass is 9.71. The minimum atomic E-state index is -0.475. The Kier molecular flexibility index (Phi) is 5.64. The molecular weight excluding hydrogens is 282 g/mol. The molecule has 1 N–H and O–H groups in total. The van der Waals surface area contributed by atoms with Gasteiger partial charge in [-0.15, -0.1) is 0 Å². The van der Waals surface area contributed by atoms with Crippen LogP contribution in [-0.2, 0) is 4.79 Å². The van der Waals surface area contributed by atoms with Crippen molar-refractivity contribution in [3.8, 4) is 0 Å². The summed E-state index contributed by atoms with van der Waals surface area (Å²) in [5.41, 5.74) is -0.475. The highest BCUT2D eigenvalue weighted by molar-refractivity contribution is 8.00. The van der Waals surface area contributed by atoms with Crippen molar-refractivity contribution >= 4 is 17.7 Å². The van der Waals surface area contributed by atoms with Crippen LogP contribution in [0.2, 0.25) is 0 Å². The van der Waals surface area contributed by atoms with Crippen LogP contribution >= 0.6 is 11.8 Å². The first-order chi connectivity index (χ1) is 9.80. The minimum absolute atomic E-state index is 0.284. The average molecular weight is 314 g/mol. The van der Waals surface area contributed by atoms with Crippen LogP contribution in [-0.4, -0.2) is 45.1 Å². The molecule has 0 radical (unpaired) electrons. The number of hydrogen-bond donors (Lipinski definition) is 1. The van der Waals surface area contributed by atoms with Crippen LogP contribution in [0, 0.1) is 5.92 Å². The zero-order valence-electron chi connectivity index (χ0n) is 13.9. The molecule has 0 bridgehead atoms. The Morgan fingerprint density at radius 1 is 1.33 bits per heavy atom. The van der Waals surface area contributed by atoms with Crippen molar-refractivity contribution in [2.75, 3.05) is 18.8 Å². The molecule has 0 spiro atoms. The smallest absolute Gasteiger partial charge is 0.222 e. The molecular formula is C17H31NO2S. The number of likely N-dealkylation sites (tertiary alicyclic amines) is 1. The van der Waals surface area contributed by atoms with E-state index in [4.69, 9.17) is 0 Å². The van der Waals surface area contributed by atoms with Crippen molar-refractivity contribution in [1.82, 2.24) is 4.90 Å². The second-order valence-corrected chi connectivity index (χ2v) is 9.62. The van der Waals surface area contributed by atoms with Crippen molar-refractivity contribution in [3.63, 3.8) is 0 Å². The molecule has 0 aromatic carbocycles. The van der Waals surface area contributed by atoms with E-state index in [1.54, 1.807) is 0 Å². The van der Waals surface area contributed by atoms with Gasteiger partial charge in [0.1, 0.15) is 0 Å². The third-order valence-electron chi connectivity index (χ3n) is 4.85. The molecule has 1 aliphatic carbocycles. The van der Waals surface area contributed by atoms with Gasteiger partial charge in [0.15, 0.2) is 0 Å². The summed E-state index contributed by atoms with van der Waals surface area (Å²) < 4.78 is 0.284. The number of fused-ring (bicyclic) bond motifs is 1. The normalized spacial score (nSPS) is 30.1. The number of carbonyl (C=O) groups is 1. The summed E-state index contributed by atoms with van der Waals surface area (Å²) >= 11 is 1.93. The van der Waals surface area contributed by atoms with E-state index < -0.39 is 5.60 Å². The molecule has 1 saturated carbocycles. The molecule has 1 saturated heterocycles. The van der Waals surface area contributed by atoms with E-state index >= 15 is 0 Å². The zero-order valence-corrected chi connectivity index (χ0v) is 14.7. The van der Waals surface area contributed by atoms with Gasteiger partial charge in [0.05, 0.1) is 5.60 Å². The summed E-state index contributed by atoms with van der Waals surface area (Å²) in [4.78, 5) is 14.3. The van der Waals surface area contributed by atoms with E-state index in [9.17, 15) is 9.90 Å². The first-order valence-corrected chi connectivity index (χ1v) is 9.43. The van der Waals surface area contributed by atoms with E-state index in [0.717, 1.165) is 50.9 Å². The van der Waals surface area contributed by atoms with Crippen LogP contribution in [0.15, 0.2) is 0 Å². The van der Waals surface area contributed by atoms with Gasteiger partial charge in [0.2, 0.25) is 5.91 Å². The van der Waals surface area contributed by atoms with Gasteiger partial charge >= 0.3 is 0 Å². The van der Waals surface area contributed by atoms with E-state index in [0.29, 0.717) is 12.3 Å². The topological polar surface area (TPSA) is 40.5 Å². The maximum absolute atomic E-state index is 12.3. The van der Waals surface area contributed by atoms with Crippen LogP contribution in [0.5, 0.6) is 0 Å². The van der Waals surface area contributed by atoms with E-state index in [1.165, 1.54) is 6.42 Å². The van der Waals surface area contributed by atoms with Gasteiger partial charge in [-0.25, -0.2) is 0 Å². The van der Waals surface area contributed by atoms with Crippen molar-refractivity contribution in [1.29, 1.82) is 0 Å². The molecule has 1 amide bonds. The maximum Gasteiger partial charge on any atom is 0.222 e. The Balaban J connectivity index is 1.74. The summed E-state index contributed by atoms with van der Waals surface area (Å²) in [6.07, 6.45) is 6.77. The molecule has 2 rings (SSSR count). The molecule has 0 aromatic rings. The summed E-state index contributed by atoms with van der Waals surface area (Å²) in [5, 5.41) is 10.7. The van der Waals surface area contributed by atoms with Crippen LogP contribution in [0.4, 0.5) is 0 Å². The molecule has 1 aliphatic heterocycles. The lowest BCUT2D eigenvalue weighted by molar-refractivity contribution is -0.143. The lowest BCUT2D eigenvalue weighted by Gasteiger charge is -2.47. The molecule has 4 heteroatoms. The lowest BCUT2D eigenvalue weighted by Crippen LogP contribution is -2.54. The average Bonchev–Trinajstić information content (AvgIpc) is 2.41. The first-order valence-electron chi connectivity index (χ1n) is 8.44. The summed E-state index contributed by atoms with van der Waals surface area (Å²) in [5.74, 6) is 1.65. The number of piperidine rings is 1. The molecule has 1 heterocycles. The molecule has 0 aromatic heterocycles. The Bertz CT molecular complexity index is 366. The molecule has 2 fully saturated rings. The SMILES string of the molecule is CC(C)(C)SCCCC(=O)N1CC[C@@]2(O)CCCC[C@H]2C1. The molecule has 2 aliphatic rings. The minimum Gasteiger partial charge on any atom is -0.389 e. The van der Waals surface area contributed by atoms with Gasteiger partial charge in [-0.1, -0.05) is 33.6 Å². The second-order valence-electron chi connectivity index (χ2n) is 7.70. The number of hydrogen-bond acceptors (Lipinski definition) is 3. The van der Waals surface area contributed by atoms with Crippen LogP contribution in [0.1, 0.15) is 65.7 Å². The third-order valence-corrected chi connectivity index (χ3v) is 6.21. The van der Waals surface area contributed by atoms with E-state index in [1.807, 2.05) is 16.7 Å². The summed E-state index contributed by atoms with van der Waals surface area (Å²) in [6.45, 7) is 8.18. The predicted octanol–water partition coefficient (Wildman–Crippen LogP) is 3.45. The Morgan fingerprint density at radius 2 is 2.10 bits per heavy atom. The fourth-order valence-electron chi connectivity index (χ4n) is 3.56. The monoisotopic (exact) mass is 313 g/mol. The van der Waals surface area contributed by atoms with Gasteiger partial charge in [-0.3, -0.25) is 4.79 Å². The van der Waals surface area contributed by atoms with E-state index in [-0.39, 0.29) is 10.7 Å². The standard InChI is InChI=1S/C17H31NO2S/c1-16(2,3)21-12-6-8-15(19)18-11-10-17(20)9-5-4-7-14(17)13-18/h14,20H,4-13H2,1-3H3/t14-,17-/m0/s1. The van der Waals surface area contributed by atoms with Crippen LogP contribution < -0.4 is 0 Å². The number of thioether (sulfide) groups is 1. The number of carbonyl (C=O) groups excluding carboxylic acids is 1. The Labute approximate surface area is 133 Å². The zero-order chi connectivity index (χ0) is 15.5. The number of nitrogens with zero attached hydrogens (tertiary/aromatic N) is 1. The van der Waals surface area contributed by atoms with Crippen molar-refractivity contribution < 1.29 is 9.90 Å². The highest BCUT2D eigenvalue weighted by Crippen LogP contribution is 2.39. The molecule has 2 atom stereocenters. The van der Waals surface area contributed by atoms with Crippen LogP contribution in [0.25, 0.3) is 0 Å². The van der Waals surface area contributed by atoms with E-state index in [2.05, 4.69) is 20.8 Å². The van der Waals surface area contributed by atoms with Gasteiger partial charge in [-0.05, 0) is 31.4 Å². The Hall–Kier alpha value is -0.220. The van der Waals surface area contributed by atoms with Crippen LogP contribution in [0.3, 0.4) is 0 Å². The highest BCUT2D eigenvalue weighted by atomic mass is 32.2. The molecule has 3 nitrogen and oxygen atoms in total. The van der Waals surface area contributed by atoms with Gasteiger partial charge in [0, 0.05) is 30.2 Å². The number of amides is 1.